The molecule has 0 aromatic heterocycles. The molecule has 16 heavy (non-hydrogen) atoms. The molecule has 2 nitrogen and oxygen atoms in total. The third-order valence-corrected chi connectivity index (χ3v) is 2.80. The Morgan fingerprint density at radius 3 is 2.56 bits per heavy atom. The third-order valence-electron chi connectivity index (χ3n) is 2.27. The molecule has 0 aliphatic rings. The van der Waals surface area contributed by atoms with Gasteiger partial charge < -0.3 is 5.11 Å². The van der Waals surface area contributed by atoms with Gasteiger partial charge in [0.05, 0.1) is 5.92 Å². The molecule has 3 heteroatoms. The van der Waals surface area contributed by atoms with E-state index in [1.807, 2.05) is 24.3 Å². The van der Waals surface area contributed by atoms with Gasteiger partial charge in [-0.25, -0.2) is 0 Å². The summed E-state index contributed by atoms with van der Waals surface area (Å²) in [6, 6.07) is 7.69. The lowest BCUT2D eigenvalue weighted by atomic mass is 9.97. The van der Waals surface area contributed by atoms with Crippen LogP contribution in [0.2, 0.25) is 0 Å². The molecule has 0 fully saturated rings. The molecule has 1 atom stereocenters. The minimum Gasteiger partial charge on any atom is -0.481 e. The fourth-order valence-corrected chi connectivity index (χ4v) is 1.64. The number of hydrogen-bond donors (Lipinski definition) is 1. The molecule has 0 radical (unpaired) electrons. The van der Waals surface area contributed by atoms with Crippen molar-refractivity contribution in [2.75, 3.05) is 0 Å². The minimum atomic E-state index is -0.786. The number of benzene rings is 1. The van der Waals surface area contributed by atoms with Crippen LogP contribution in [0.15, 0.2) is 28.7 Å². The number of carboxylic acid groups (broad SMARTS) is 1. The third kappa shape index (κ3) is 4.08. The van der Waals surface area contributed by atoms with E-state index in [9.17, 15) is 4.79 Å². The second-order valence-electron chi connectivity index (χ2n) is 3.50. The van der Waals surface area contributed by atoms with Gasteiger partial charge in [0.2, 0.25) is 0 Å². The Bertz CT molecular complexity index is 412. The monoisotopic (exact) mass is 280 g/mol. The highest BCUT2D eigenvalue weighted by molar-refractivity contribution is 9.10. The minimum absolute atomic E-state index is 0.405. The molecule has 84 valence electrons. The van der Waals surface area contributed by atoms with Gasteiger partial charge >= 0.3 is 5.97 Å². The highest BCUT2D eigenvalue weighted by Gasteiger charge is 2.16. The number of rotatable bonds is 4. The molecule has 0 saturated carbocycles. The van der Waals surface area contributed by atoms with E-state index in [1.165, 1.54) is 0 Å². The van der Waals surface area contributed by atoms with Crippen molar-refractivity contribution in [1.82, 2.24) is 0 Å². The number of aliphatic carboxylic acids is 1. The maximum Gasteiger partial charge on any atom is 0.307 e. The first-order valence-corrected chi connectivity index (χ1v) is 5.79. The largest absolute Gasteiger partial charge is 0.481 e. The Morgan fingerprint density at radius 2 is 2.06 bits per heavy atom. The first-order valence-electron chi connectivity index (χ1n) is 5.00. The van der Waals surface area contributed by atoms with Gasteiger partial charge in [0.1, 0.15) is 0 Å². The summed E-state index contributed by atoms with van der Waals surface area (Å²) < 4.78 is 0.997. The maximum atomic E-state index is 11.0. The lowest BCUT2D eigenvalue weighted by Gasteiger charge is -2.08. The summed E-state index contributed by atoms with van der Waals surface area (Å²) in [5, 5.41) is 9.04. The molecule has 0 aliphatic carbocycles. The number of carboxylic acids is 1. The molecule has 0 heterocycles. The van der Waals surface area contributed by atoms with E-state index in [-0.39, 0.29) is 0 Å². The van der Waals surface area contributed by atoms with Gasteiger partial charge in [-0.15, -0.1) is 11.8 Å². The van der Waals surface area contributed by atoms with Crippen LogP contribution < -0.4 is 0 Å². The first-order chi connectivity index (χ1) is 7.63. The number of halogens is 1. The van der Waals surface area contributed by atoms with Crippen molar-refractivity contribution in [3.63, 3.8) is 0 Å². The van der Waals surface area contributed by atoms with E-state index in [0.29, 0.717) is 12.8 Å². The Labute approximate surface area is 104 Å². The molecule has 0 saturated heterocycles. The van der Waals surface area contributed by atoms with Crippen molar-refractivity contribution >= 4 is 21.9 Å². The molecule has 0 spiro atoms. The summed E-state index contributed by atoms with van der Waals surface area (Å²) in [6.07, 6.45) is 0.930. The average Bonchev–Trinajstić information content (AvgIpc) is 2.26. The molecule has 1 aromatic carbocycles. The lowest BCUT2D eigenvalue weighted by Crippen LogP contribution is -2.15. The normalized spacial score (nSPS) is 11.4. The zero-order valence-electron chi connectivity index (χ0n) is 9.03. The van der Waals surface area contributed by atoms with E-state index in [1.54, 1.807) is 6.92 Å². The van der Waals surface area contributed by atoms with Crippen molar-refractivity contribution in [2.45, 2.75) is 19.8 Å². The van der Waals surface area contributed by atoms with Crippen LogP contribution in [-0.4, -0.2) is 11.1 Å². The van der Waals surface area contributed by atoms with Crippen molar-refractivity contribution in [3.05, 3.63) is 34.3 Å². The Morgan fingerprint density at radius 1 is 1.44 bits per heavy atom. The number of carbonyl (C=O) groups is 1. The molecule has 0 amide bonds. The average molecular weight is 281 g/mol. The molecular formula is C13H13BrO2. The van der Waals surface area contributed by atoms with E-state index >= 15 is 0 Å². The summed E-state index contributed by atoms with van der Waals surface area (Å²) in [5.41, 5.74) is 1.02. The van der Waals surface area contributed by atoms with Crippen molar-refractivity contribution in [1.29, 1.82) is 0 Å². The molecule has 1 aromatic rings. The molecule has 0 aliphatic heterocycles. The topological polar surface area (TPSA) is 37.3 Å². The fraction of sp³-hybridized carbons (Fsp3) is 0.308. The summed E-state index contributed by atoms with van der Waals surface area (Å²) in [6.45, 7) is 1.72. The Balaban J connectivity index is 2.70. The molecule has 0 bridgehead atoms. The summed E-state index contributed by atoms with van der Waals surface area (Å²) >= 11 is 3.34. The lowest BCUT2D eigenvalue weighted by molar-refractivity contribution is -0.141. The zero-order valence-corrected chi connectivity index (χ0v) is 10.6. The van der Waals surface area contributed by atoms with Crippen LogP contribution in [0.4, 0.5) is 0 Å². The second kappa shape index (κ2) is 6.34. The van der Waals surface area contributed by atoms with Gasteiger partial charge in [-0.05, 0) is 31.0 Å². The van der Waals surface area contributed by atoms with Crippen LogP contribution in [-0.2, 0) is 11.2 Å². The van der Waals surface area contributed by atoms with Crippen molar-refractivity contribution in [2.24, 2.45) is 5.92 Å². The predicted octanol–water partition coefficient (Wildman–Crippen LogP) is 3.11. The Kier molecular flexibility index (Phi) is 5.07. The van der Waals surface area contributed by atoms with Crippen LogP contribution in [0.5, 0.6) is 0 Å². The highest BCUT2D eigenvalue weighted by atomic mass is 79.9. The van der Waals surface area contributed by atoms with E-state index in [2.05, 4.69) is 27.8 Å². The molecular weight excluding hydrogens is 268 g/mol. The van der Waals surface area contributed by atoms with Gasteiger partial charge in [0, 0.05) is 10.9 Å². The van der Waals surface area contributed by atoms with Crippen LogP contribution in [0.3, 0.4) is 0 Å². The SMILES string of the molecule is CC#CCC(Cc1ccc(Br)cc1)C(=O)O. The van der Waals surface area contributed by atoms with Crippen molar-refractivity contribution < 1.29 is 9.90 Å². The van der Waals surface area contributed by atoms with Crippen LogP contribution in [0, 0.1) is 17.8 Å². The summed E-state index contributed by atoms with van der Waals surface area (Å²) in [4.78, 5) is 11.0. The smallest absolute Gasteiger partial charge is 0.307 e. The second-order valence-corrected chi connectivity index (χ2v) is 4.41. The maximum absolute atomic E-state index is 11.0. The summed E-state index contributed by atoms with van der Waals surface area (Å²) in [5.74, 6) is 4.34. The summed E-state index contributed by atoms with van der Waals surface area (Å²) in [7, 11) is 0. The van der Waals surface area contributed by atoms with Crippen LogP contribution >= 0.6 is 15.9 Å². The van der Waals surface area contributed by atoms with E-state index in [0.717, 1.165) is 10.0 Å². The molecule has 1 N–H and O–H groups in total. The fourth-order valence-electron chi connectivity index (χ4n) is 1.38. The van der Waals surface area contributed by atoms with Gasteiger partial charge in [0.15, 0.2) is 0 Å². The van der Waals surface area contributed by atoms with E-state index < -0.39 is 11.9 Å². The highest BCUT2D eigenvalue weighted by Crippen LogP contribution is 2.15. The van der Waals surface area contributed by atoms with Gasteiger partial charge in [-0.3, -0.25) is 4.79 Å². The standard InChI is InChI=1S/C13H13BrO2/c1-2-3-4-11(13(15)16)9-10-5-7-12(14)8-6-10/h5-8,11H,4,9H2,1H3,(H,15,16). The first kappa shape index (κ1) is 12.8. The predicted molar refractivity (Wildman–Crippen MR) is 67.0 cm³/mol. The number of hydrogen-bond acceptors (Lipinski definition) is 1. The van der Waals surface area contributed by atoms with Crippen LogP contribution in [0.1, 0.15) is 18.9 Å². The molecule has 1 unspecified atom stereocenters. The quantitative estimate of drug-likeness (QED) is 0.861. The molecule has 1 rings (SSSR count). The van der Waals surface area contributed by atoms with Gasteiger partial charge in [0.25, 0.3) is 0 Å². The van der Waals surface area contributed by atoms with E-state index in [4.69, 9.17) is 5.11 Å². The van der Waals surface area contributed by atoms with Gasteiger partial charge in [-0.1, -0.05) is 28.1 Å². The van der Waals surface area contributed by atoms with Crippen molar-refractivity contribution in [3.8, 4) is 11.8 Å². The zero-order chi connectivity index (χ0) is 12.0. The van der Waals surface area contributed by atoms with Crippen LogP contribution in [0.25, 0.3) is 0 Å². The van der Waals surface area contributed by atoms with Gasteiger partial charge in [-0.2, -0.15) is 0 Å². The Hall–Kier alpha value is -1.27.